The first-order valence-corrected chi connectivity index (χ1v) is 6.42. The van der Waals surface area contributed by atoms with Gasteiger partial charge in [0, 0.05) is 25.6 Å². The molecule has 0 radical (unpaired) electrons. The van der Waals surface area contributed by atoms with Gasteiger partial charge in [0.1, 0.15) is 0 Å². The second-order valence-corrected chi connectivity index (χ2v) is 5.43. The highest BCUT2D eigenvalue weighted by molar-refractivity contribution is 5.79. The molecule has 16 heavy (non-hydrogen) atoms. The van der Waals surface area contributed by atoms with Crippen LogP contribution >= 0.6 is 0 Å². The van der Waals surface area contributed by atoms with Crippen molar-refractivity contribution in [1.29, 1.82) is 0 Å². The lowest BCUT2D eigenvalue weighted by Crippen LogP contribution is -2.40. The largest absolute Gasteiger partial charge is 0.396 e. The summed E-state index contributed by atoms with van der Waals surface area (Å²) in [4.78, 5) is 14.2. The van der Waals surface area contributed by atoms with Gasteiger partial charge in [0.05, 0.1) is 0 Å². The van der Waals surface area contributed by atoms with Gasteiger partial charge in [-0.25, -0.2) is 0 Å². The summed E-state index contributed by atoms with van der Waals surface area (Å²) in [5.41, 5.74) is 0.156. The molecule has 3 nitrogen and oxygen atoms in total. The van der Waals surface area contributed by atoms with Gasteiger partial charge in [-0.15, -0.1) is 0 Å². The zero-order valence-corrected chi connectivity index (χ0v) is 10.8. The van der Waals surface area contributed by atoms with Crippen molar-refractivity contribution in [3.05, 3.63) is 0 Å². The van der Waals surface area contributed by atoms with Crippen LogP contribution in [-0.4, -0.2) is 35.6 Å². The SMILES string of the molecule is CCN(CCCO)C(=O)C1CCCC1(C)C. The van der Waals surface area contributed by atoms with E-state index in [1.54, 1.807) is 0 Å². The molecular formula is C13H25NO2. The number of hydrogen-bond acceptors (Lipinski definition) is 2. The van der Waals surface area contributed by atoms with E-state index in [4.69, 9.17) is 5.11 Å². The maximum absolute atomic E-state index is 12.3. The van der Waals surface area contributed by atoms with Gasteiger partial charge in [-0.1, -0.05) is 20.3 Å². The van der Waals surface area contributed by atoms with Crippen molar-refractivity contribution in [2.24, 2.45) is 11.3 Å². The fraction of sp³-hybridized carbons (Fsp3) is 0.923. The van der Waals surface area contributed by atoms with Gasteiger partial charge in [-0.3, -0.25) is 4.79 Å². The van der Waals surface area contributed by atoms with E-state index in [1.807, 2.05) is 11.8 Å². The normalized spacial score (nSPS) is 23.4. The van der Waals surface area contributed by atoms with Crippen LogP contribution in [0.3, 0.4) is 0 Å². The molecule has 0 heterocycles. The van der Waals surface area contributed by atoms with Crippen molar-refractivity contribution in [3.8, 4) is 0 Å². The first kappa shape index (κ1) is 13.5. The van der Waals surface area contributed by atoms with Gasteiger partial charge in [0.25, 0.3) is 0 Å². The predicted molar refractivity (Wildman–Crippen MR) is 65.1 cm³/mol. The summed E-state index contributed by atoms with van der Waals surface area (Å²) in [5, 5.41) is 8.82. The van der Waals surface area contributed by atoms with E-state index < -0.39 is 0 Å². The number of nitrogens with zero attached hydrogens (tertiary/aromatic N) is 1. The third-order valence-corrected chi connectivity index (χ3v) is 3.83. The highest BCUT2D eigenvalue weighted by atomic mass is 16.3. The second-order valence-electron chi connectivity index (χ2n) is 5.43. The molecule has 0 spiro atoms. The molecule has 1 amide bonds. The summed E-state index contributed by atoms with van der Waals surface area (Å²) in [6.07, 6.45) is 4.04. The van der Waals surface area contributed by atoms with Crippen LogP contribution in [0.2, 0.25) is 0 Å². The van der Waals surface area contributed by atoms with Crippen molar-refractivity contribution >= 4 is 5.91 Å². The summed E-state index contributed by atoms with van der Waals surface area (Å²) < 4.78 is 0. The molecule has 0 aromatic rings. The quantitative estimate of drug-likeness (QED) is 0.781. The summed E-state index contributed by atoms with van der Waals surface area (Å²) >= 11 is 0. The Hall–Kier alpha value is -0.570. The fourth-order valence-corrected chi connectivity index (χ4v) is 2.69. The maximum Gasteiger partial charge on any atom is 0.226 e. The minimum atomic E-state index is 0.156. The lowest BCUT2D eigenvalue weighted by Gasteiger charge is -2.31. The number of aliphatic hydroxyl groups is 1. The van der Waals surface area contributed by atoms with Gasteiger partial charge < -0.3 is 10.0 Å². The molecule has 0 aliphatic heterocycles. The number of hydrogen-bond donors (Lipinski definition) is 1. The minimum absolute atomic E-state index is 0.156. The summed E-state index contributed by atoms with van der Waals surface area (Å²) in [5.74, 6) is 0.476. The van der Waals surface area contributed by atoms with Gasteiger partial charge in [0.15, 0.2) is 0 Å². The fourth-order valence-electron chi connectivity index (χ4n) is 2.69. The van der Waals surface area contributed by atoms with Crippen molar-refractivity contribution in [2.45, 2.75) is 46.5 Å². The van der Waals surface area contributed by atoms with Crippen LogP contribution in [0.4, 0.5) is 0 Å². The maximum atomic E-state index is 12.3. The van der Waals surface area contributed by atoms with E-state index >= 15 is 0 Å². The van der Waals surface area contributed by atoms with Crippen LogP contribution < -0.4 is 0 Å². The smallest absolute Gasteiger partial charge is 0.226 e. The van der Waals surface area contributed by atoms with Gasteiger partial charge in [0.2, 0.25) is 5.91 Å². The predicted octanol–water partition coefficient (Wildman–Crippen LogP) is 2.04. The first-order chi connectivity index (χ1) is 7.53. The lowest BCUT2D eigenvalue weighted by atomic mass is 9.81. The van der Waals surface area contributed by atoms with E-state index in [-0.39, 0.29) is 17.9 Å². The Bertz CT molecular complexity index is 238. The molecule has 1 saturated carbocycles. The molecule has 3 heteroatoms. The summed E-state index contributed by atoms with van der Waals surface area (Å²) in [6.45, 7) is 8.02. The number of amides is 1. The number of aliphatic hydroxyl groups excluding tert-OH is 1. The molecule has 1 unspecified atom stereocenters. The average Bonchev–Trinajstić information content (AvgIpc) is 2.59. The number of carbonyl (C=O) groups is 1. The van der Waals surface area contributed by atoms with Crippen LogP contribution in [0.1, 0.15) is 46.5 Å². The Morgan fingerprint density at radius 1 is 1.50 bits per heavy atom. The van der Waals surface area contributed by atoms with Gasteiger partial charge in [-0.2, -0.15) is 0 Å². The van der Waals surface area contributed by atoms with Crippen LogP contribution in [0.25, 0.3) is 0 Å². The molecule has 1 N–H and O–H groups in total. The van der Waals surface area contributed by atoms with E-state index in [2.05, 4.69) is 13.8 Å². The van der Waals surface area contributed by atoms with Crippen molar-refractivity contribution in [3.63, 3.8) is 0 Å². The first-order valence-electron chi connectivity index (χ1n) is 6.42. The molecule has 0 bridgehead atoms. The molecule has 1 aliphatic carbocycles. The van der Waals surface area contributed by atoms with E-state index in [9.17, 15) is 4.79 Å². The Morgan fingerprint density at radius 3 is 2.62 bits per heavy atom. The molecular weight excluding hydrogens is 202 g/mol. The van der Waals surface area contributed by atoms with Crippen molar-refractivity contribution in [1.82, 2.24) is 4.90 Å². The van der Waals surface area contributed by atoms with Gasteiger partial charge >= 0.3 is 0 Å². The third kappa shape index (κ3) is 2.97. The molecule has 0 aromatic heterocycles. The zero-order chi connectivity index (χ0) is 12.2. The average molecular weight is 227 g/mol. The minimum Gasteiger partial charge on any atom is -0.396 e. The Morgan fingerprint density at radius 2 is 2.19 bits per heavy atom. The molecule has 1 aliphatic rings. The van der Waals surface area contributed by atoms with E-state index in [1.165, 1.54) is 6.42 Å². The Labute approximate surface area is 98.8 Å². The molecule has 0 aromatic carbocycles. The number of carbonyl (C=O) groups excluding carboxylic acids is 1. The van der Waals surface area contributed by atoms with Crippen molar-refractivity contribution < 1.29 is 9.90 Å². The molecule has 94 valence electrons. The van der Waals surface area contributed by atoms with Gasteiger partial charge in [-0.05, 0) is 31.6 Å². The van der Waals surface area contributed by atoms with E-state index in [0.29, 0.717) is 18.9 Å². The lowest BCUT2D eigenvalue weighted by molar-refractivity contribution is -0.138. The van der Waals surface area contributed by atoms with Crippen LogP contribution in [0.15, 0.2) is 0 Å². The molecule has 1 fully saturated rings. The molecule has 1 rings (SSSR count). The monoisotopic (exact) mass is 227 g/mol. The second kappa shape index (κ2) is 5.67. The summed E-state index contributed by atoms with van der Waals surface area (Å²) in [6, 6.07) is 0. The Kier molecular flexibility index (Phi) is 4.78. The molecule has 0 saturated heterocycles. The number of rotatable bonds is 5. The van der Waals surface area contributed by atoms with E-state index in [0.717, 1.165) is 19.4 Å². The highest BCUT2D eigenvalue weighted by Crippen LogP contribution is 2.43. The summed E-state index contributed by atoms with van der Waals surface area (Å²) in [7, 11) is 0. The molecule has 1 atom stereocenters. The highest BCUT2D eigenvalue weighted by Gasteiger charge is 2.40. The zero-order valence-electron chi connectivity index (χ0n) is 10.8. The third-order valence-electron chi connectivity index (χ3n) is 3.83. The topological polar surface area (TPSA) is 40.5 Å². The van der Waals surface area contributed by atoms with Crippen molar-refractivity contribution in [2.75, 3.05) is 19.7 Å². The van der Waals surface area contributed by atoms with Crippen LogP contribution in [0.5, 0.6) is 0 Å². The van der Waals surface area contributed by atoms with Crippen LogP contribution in [-0.2, 0) is 4.79 Å². The van der Waals surface area contributed by atoms with Crippen LogP contribution in [0, 0.1) is 11.3 Å². The Balaban J connectivity index is 2.60. The standard InChI is InChI=1S/C13H25NO2/c1-4-14(9-6-10-15)12(16)11-7-5-8-13(11,2)3/h11,15H,4-10H2,1-3H3.